The summed E-state index contributed by atoms with van der Waals surface area (Å²) < 4.78 is 2.44. The summed E-state index contributed by atoms with van der Waals surface area (Å²) in [6, 6.07) is 77.3. The maximum atomic E-state index is 4.95. The Balaban J connectivity index is 1.04. The summed E-state index contributed by atoms with van der Waals surface area (Å²) >= 11 is 0. The van der Waals surface area contributed by atoms with Gasteiger partial charge in [-0.1, -0.05) is 182 Å². The number of hydrogen-bond acceptors (Lipinski definition) is 3. The monoisotopic (exact) mass is 752 g/mol. The second kappa shape index (κ2) is 14.5. The summed E-state index contributed by atoms with van der Waals surface area (Å²) in [4.78, 5) is 14.8. The van der Waals surface area contributed by atoms with Gasteiger partial charge in [0.05, 0.1) is 11.0 Å². The second-order valence-corrected chi connectivity index (χ2v) is 14.9. The molecule has 2 heterocycles. The zero-order chi connectivity index (χ0) is 39.1. The van der Waals surface area contributed by atoms with Crippen molar-refractivity contribution in [2.24, 2.45) is 0 Å². The van der Waals surface area contributed by atoms with Crippen LogP contribution in [-0.2, 0) is 0 Å². The largest absolute Gasteiger partial charge is 0.309 e. The van der Waals surface area contributed by atoms with E-state index in [0.29, 0.717) is 17.5 Å². The zero-order valence-corrected chi connectivity index (χ0v) is 32.1. The van der Waals surface area contributed by atoms with E-state index < -0.39 is 0 Å². The van der Waals surface area contributed by atoms with Crippen molar-refractivity contribution in [3.05, 3.63) is 218 Å². The van der Waals surface area contributed by atoms with Crippen molar-refractivity contribution < 1.29 is 0 Å². The van der Waals surface area contributed by atoms with Gasteiger partial charge in [0.15, 0.2) is 17.5 Å². The van der Waals surface area contributed by atoms with Crippen molar-refractivity contribution in [2.45, 2.75) is 0 Å². The Bertz CT molecular complexity index is 3170. The number of para-hydroxylation sites is 1. The molecule has 0 unspecified atom stereocenters. The Labute approximate surface area is 342 Å². The third-order valence-corrected chi connectivity index (χ3v) is 11.2. The smallest absolute Gasteiger partial charge is 0.164 e. The van der Waals surface area contributed by atoms with Gasteiger partial charge in [-0.05, 0) is 80.6 Å². The Morgan fingerprint density at radius 3 is 1.25 bits per heavy atom. The van der Waals surface area contributed by atoms with Crippen LogP contribution in [0.25, 0.3) is 106 Å². The molecule has 59 heavy (non-hydrogen) atoms. The summed E-state index contributed by atoms with van der Waals surface area (Å²) in [6.45, 7) is 0. The lowest BCUT2D eigenvalue weighted by Crippen LogP contribution is -2.00. The third kappa shape index (κ3) is 6.34. The van der Waals surface area contributed by atoms with Crippen molar-refractivity contribution in [3.63, 3.8) is 0 Å². The van der Waals surface area contributed by atoms with E-state index in [4.69, 9.17) is 15.0 Å². The quantitative estimate of drug-likeness (QED) is 0.163. The fourth-order valence-corrected chi connectivity index (χ4v) is 8.33. The van der Waals surface area contributed by atoms with Gasteiger partial charge in [-0.3, -0.25) is 0 Å². The fourth-order valence-electron chi connectivity index (χ4n) is 8.33. The van der Waals surface area contributed by atoms with Crippen LogP contribution in [0.2, 0.25) is 0 Å². The summed E-state index contributed by atoms with van der Waals surface area (Å²) in [7, 11) is 0. The molecule has 276 valence electrons. The van der Waals surface area contributed by atoms with Gasteiger partial charge in [-0.2, -0.15) is 0 Å². The van der Waals surface area contributed by atoms with Gasteiger partial charge in [-0.25, -0.2) is 15.0 Å². The lowest BCUT2D eigenvalue weighted by atomic mass is 9.97. The first-order chi connectivity index (χ1) is 29.2. The van der Waals surface area contributed by atoms with E-state index in [1.54, 1.807) is 0 Å². The molecule has 0 amide bonds. The summed E-state index contributed by atoms with van der Waals surface area (Å²) in [6.07, 6.45) is 0. The van der Waals surface area contributed by atoms with E-state index in [0.717, 1.165) is 33.5 Å². The topological polar surface area (TPSA) is 43.6 Å². The number of benzene rings is 9. The van der Waals surface area contributed by atoms with Crippen LogP contribution in [0.1, 0.15) is 0 Å². The van der Waals surface area contributed by atoms with Crippen molar-refractivity contribution in [1.82, 2.24) is 19.5 Å². The molecule has 0 aliphatic heterocycles. The van der Waals surface area contributed by atoms with Gasteiger partial charge in [0, 0.05) is 33.2 Å². The number of nitrogens with zero attached hydrogens (tertiary/aromatic N) is 4. The first-order valence-corrected chi connectivity index (χ1v) is 19.9. The zero-order valence-electron chi connectivity index (χ0n) is 32.1. The molecule has 0 radical (unpaired) electrons. The van der Waals surface area contributed by atoms with Crippen LogP contribution >= 0.6 is 0 Å². The third-order valence-electron chi connectivity index (χ3n) is 11.2. The summed E-state index contributed by atoms with van der Waals surface area (Å²) in [5.74, 6) is 1.95. The average Bonchev–Trinajstić information content (AvgIpc) is 3.67. The van der Waals surface area contributed by atoms with Crippen LogP contribution in [0.3, 0.4) is 0 Å². The van der Waals surface area contributed by atoms with E-state index in [1.165, 1.54) is 54.8 Å². The molecule has 0 fully saturated rings. The van der Waals surface area contributed by atoms with Gasteiger partial charge in [0.2, 0.25) is 0 Å². The maximum absolute atomic E-state index is 4.95. The minimum absolute atomic E-state index is 0.643. The predicted octanol–water partition coefficient (Wildman–Crippen LogP) is 14.1. The van der Waals surface area contributed by atoms with Gasteiger partial charge in [0.1, 0.15) is 0 Å². The van der Waals surface area contributed by atoms with Crippen molar-refractivity contribution in [2.75, 3.05) is 0 Å². The normalized spacial score (nSPS) is 11.4. The highest BCUT2D eigenvalue weighted by molar-refractivity contribution is 6.22. The van der Waals surface area contributed by atoms with E-state index in [1.807, 2.05) is 60.7 Å². The highest BCUT2D eigenvalue weighted by atomic mass is 15.0. The highest BCUT2D eigenvalue weighted by Gasteiger charge is 2.18. The molecule has 4 nitrogen and oxygen atoms in total. The van der Waals surface area contributed by atoms with Crippen molar-refractivity contribution >= 4 is 32.6 Å². The molecule has 0 bridgehead atoms. The lowest BCUT2D eigenvalue weighted by molar-refractivity contribution is 1.07. The molecular weight excluding hydrogens is 717 g/mol. The molecule has 0 N–H and O–H groups in total. The molecule has 0 saturated heterocycles. The minimum atomic E-state index is 0.643. The van der Waals surface area contributed by atoms with Crippen molar-refractivity contribution in [3.8, 4) is 73.2 Å². The van der Waals surface area contributed by atoms with Crippen LogP contribution in [-0.4, -0.2) is 19.5 Å². The standard InChI is InChI=1S/C55H36N4/c1-5-15-37(16-6-1)45-33-46(38-17-7-2-8-18-38)35-47(34-45)59-50-24-14-13-23-48(50)52-49-36-44(30-27-40(49)31-32-51(52)59)39-25-28-43(29-26-39)55-57-53(41-19-9-3-10-20-41)56-54(58-55)42-21-11-4-12-22-42/h1-36H. The molecule has 11 aromatic rings. The summed E-state index contributed by atoms with van der Waals surface area (Å²) in [5.41, 5.74) is 13.4. The molecule has 0 atom stereocenters. The molecule has 4 heteroatoms. The van der Waals surface area contributed by atoms with E-state index in [9.17, 15) is 0 Å². The van der Waals surface area contributed by atoms with Gasteiger partial charge < -0.3 is 4.57 Å². The van der Waals surface area contributed by atoms with Gasteiger partial charge >= 0.3 is 0 Å². The fraction of sp³-hybridized carbons (Fsp3) is 0. The van der Waals surface area contributed by atoms with Crippen LogP contribution in [0.15, 0.2) is 218 Å². The molecule has 0 aliphatic carbocycles. The van der Waals surface area contributed by atoms with Crippen LogP contribution in [0, 0.1) is 0 Å². The summed E-state index contributed by atoms with van der Waals surface area (Å²) in [5, 5.41) is 4.90. The Morgan fingerprint density at radius 2 is 0.695 bits per heavy atom. The first kappa shape index (κ1) is 34.3. The predicted molar refractivity (Wildman–Crippen MR) is 244 cm³/mol. The molecular formula is C55H36N4. The van der Waals surface area contributed by atoms with E-state index in [-0.39, 0.29) is 0 Å². The molecule has 0 saturated carbocycles. The molecule has 0 spiro atoms. The molecule has 2 aromatic heterocycles. The van der Waals surface area contributed by atoms with Crippen LogP contribution in [0.5, 0.6) is 0 Å². The number of hydrogen-bond donors (Lipinski definition) is 0. The number of rotatable bonds is 7. The minimum Gasteiger partial charge on any atom is -0.309 e. The maximum Gasteiger partial charge on any atom is 0.164 e. The first-order valence-electron chi connectivity index (χ1n) is 19.9. The van der Waals surface area contributed by atoms with Crippen LogP contribution < -0.4 is 0 Å². The SMILES string of the molecule is c1ccc(-c2cc(-c3ccccc3)cc(-n3c4ccccc4c4c5cc(-c6ccc(-c7nc(-c8ccccc8)nc(-c8ccccc8)n7)cc6)ccc5ccc43)c2)cc1. The van der Waals surface area contributed by atoms with E-state index in [2.05, 4.69) is 162 Å². The van der Waals surface area contributed by atoms with Crippen LogP contribution in [0.4, 0.5) is 0 Å². The number of aromatic nitrogens is 4. The Hall–Kier alpha value is -7.95. The number of fused-ring (bicyclic) bond motifs is 5. The Kier molecular flexibility index (Phi) is 8.45. The van der Waals surface area contributed by atoms with Gasteiger partial charge in [0.25, 0.3) is 0 Å². The molecule has 0 aliphatic rings. The molecule has 9 aromatic carbocycles. The molecule has 11 rings (SSSR count). The van der Waals surface area contributed by atoms with E-state index >= 15 is 0 Å². The average molecular weight is 753 g/mol. The second-order valence-electron chi connectivity index (χ2n) is 14.9. The lowest BCUT2D eigenvalue weighted by Gasteiger charge is -2.14. The Morgan fingerprint density at radius 1 is 0.271 bits per heavy atom. The van der Waals surface area contributed by atoms with Gasteiger partial charge in [-0.15, -0.1) is 0 Å². The van der Waals surface area contributed by atoms with Crippen molar-refractivity contribution in [1.29, 1.82) is 0 Å². The highest BCUT2D eigenvalue weighted by Crippen LogP contribution is 2.40.